The van der Waals surface area contributed by atoms with Crippen LogP contribution in [0.25, 0.3) is 0 Å². The molecule has 0 unspecified atom stereocenters. The van der Waals surface area contributed by atoms with E-state index in [0.29, 0.717) is 0 Å². The number of nitrogens with zero attached hydrogens (tertiary/aromatic N) is 1. The number of nitrogens with two attached hydrogens (primary N) is 1. The van der Waals surface area contributed by atoms with E-state index >= 15 is 0 Å². The number of hydrogen-bond acceptors (Lipinski definition) is 4. The molecule has 0 heterocycles. The van der Waals surface area contributed by atoms with Crippen molar-refractivity contribution in [3.63, 3.8) is 0 Å². The van der Waals surface area contributed by atoms with Crippen molar-refractivity contribution in [1.82, 2.24) is 0 Å². The molecule has 5 heteroatoms. The molecule has 0 fully saturated rings. The van der Waals surface area contributed by atoms with Crippen molar-refractivity contribution in [3.05, 3.63) is 0 Å². The summed E-state index contributed by atoms with van der Waals surface area (Å²) in [5, 5.41) is 17.4. The van der Waals surface area contributed by atoms with Crippen molar-refractivity contribution in [1.29, 1.82) is 5.41 Å². The van der Waals surface area contributed by atoms with Crippen LogP contribution in [0.5, 0.6) is 0 Å². The third-order valence-electron chi connectivity index (χ3n) is 0.758. The van der Waals surface area contributed by atoms with Gasteiger partial charge >= 0.3 is 0 Å². The van der Waals surface area contributed by atoms with E-state index in [1.165, 1.54) is 6.92 Å². The Hall–Kier alpha value is -1.39. The maximum absolute atomic E-state index is 10.1. The van der Waals surface area contributed by atoms with Gasteiger partial charge in [0.1, 0.15) is 11.4 Å². The molecule has 1 amide bonds. The first kappa shape index (κ1) is 7.61. The Balaban J connectivity index is 4.23. The summed E-state index contributed by atoms with van der Waals surface area (Å²) in [5.41, 5.74) is 4.10. The fourth-order valence-electron chi connectivity index (χ4n) is 0.228. The smallest absolute Gasteiger partial charge is 0.268 e. The van der Waals surface area contributed by atoms with Crippen LogP contribution in [-0.4, -0.2) is 22.5 Å². The van der Waals surface area contributed by atoms with Crippen LogP contribution in [0.4, 0.5) is 0 Å². The molecule has 0 aliphatic heterocycles. The van der Waals surface area contributed by atoms with E-state index in [2.05, 4.69) is 10.9 Å². The lowest BCUT2D eigenvalue weighted by Gasteiger charge is -1.91. The summed E-state index contributed by atoms with van der Waals surface area (Å²) >= 11 is 0. The van der Waals surface area contributed by atoms with Gasteiger partial charge < -0.3 is 10.9 Å². The van der Waals surface area contributed by atoms with E-state index in [0.717, 1.165) is 0 Å². The normalized spacial score (nSPS) is 11.0. The molecular formula is C4H7N3O2. The molecule has 0 aliphatic carbocycles. The van der Waals surface area contributed by atoms with Crippen molar-refractivity contribution < 1.29 is 10.0 Å². The van der Waals surface area contributed by atoms with Gasteiger partial charge in [0, 0.05) is 0 Å². The second-order valence-electron chi connectivity index (χ2n) is 1.42. The highest BCUT2D eigenvalue weighted by Crippen LogP contribution is 1.77. The summed E-state index contributed by atoms with van der Waals surface area (Å²) in [6, 6.07) is 0. The Labute approximate surface area is 51.7 Å². The molecule has 0 atom stereocenters. The molecule has 0 rings (SSSR count). The van der Waals surface area contributed by atoms with Crippen molar-refractivity contribution in [2.75, 3.05) is 0 Å². The highest BCUT2D eigenvalue weighted by molar-refractivity contribution is 6.65. The van der Waals surface area contributed by atoms with Gasteiger partial charge in [-0.05, 0) is 6.92 Å². The van der Waals surface area contributed by atoms with E-state index in [1.54, 1.807) is 0 Å². The van der Waals surface area contributed by atoms with E-state index in [9.17, 15) is 4.79 Å². The zero-order valence-electron chi connectivity index (χ0n) is 4.88. The average molecular weight is 129 g/mol. The topological polar surface area (TPSA) is 99.5 Å². The van der Waals surface area contributed by atoms with Crippen LogP contribution in [0.2, 0.25) is 0 Å². The van der Waals surface area contributed by atoms with Crippen molar-refractivity contribution in [2.24, 2.45) is 10.9 Å². The van der Waals surface area contributed by atoms with Gasteiger partial charge in [0.15, 0.2) is 0 Å². The molecule has 5 nitrogen and oxygen atoms in total. The number of amides is 1. The lowest BCUT2D eigenvalue weighted by Crippen LogP contribution is -2.28. The first-order valence-electron chi connectivity index (χ1n) is 2.17. The van der Waals surface area contributed by atoms with Crippen LogP contribution in [0, 0.1) is 5.41 Å². The number of primary amides is 1. The lowest BCUT2D eigenvalue weighted by molar-refractivity contribution is -0.111. The third kappa shape index (κ3) is 1.89. The number of carbonyl (C=O) groups is 1. The molecule has 0 spiro atoms. The molecule has 0 aromatic rings. The standard InChI is InChI=1S/C4H7N3O2/c1-2(7-9)3(5)4(6)8/h5,9H,1H3,(H2,6,8)/b5-3?,7-2-. The molecule has 0 bridgehead atoms. The summed E-state index contributed by atoms with van der Waals surface area (Å²) in [5.74, 6) is -0.898. The quantitative estimate of drug-likeness (QED) is 0.262. The Kier molecular flexibility index (Phi) is 2.37. The third-order valence-corrected chi connectivity index (χ3v) is 0.758. The molecule has 9 heavy (non-hydrogen) atoms. The fourth-order valence-corrected chi connectivity index (χ4v) is 0.228. The average Bonchev–Trinajstić information content (AvgIpc) is 1.84. The van der Waals surface area contributed by atoms with Crippen molar-refractivity contribution in [3.8, 4) is 0 Å². The largest absolute Gasteiger partial charge is 0.411 e. The van der Waals surface area contributed by atoms with Gasteiger partial charge in [0.2, 0.25) is 0 Å². The van der Waals surface area contributed by atoms with E-state index in [-0.39, 0.29) is 5.71 Å². The monoisotopic (exact) mass is 129 g/mol. The van der Waals surface area contributed by atoms with Crippen molar-refractivity contribution >= 4 is 17.3 Å². The van der Waals surface area contributed by atoms with Crippen molar-refractivity contribution in [2.45, 2.75) is 6.92 Å². The molecule has 0 aromatic heterocycles. The van der Waals surface area contributed by atoms with Gasteiger partial charge in [-0.2, -0.15) is 0 Å². The van der Waals surface area contributed by atoms with Crippen LogP contribution >= 0.6 is 0 Å². The molecule has 0 saturated carbocycles. The lowest BCUT2D eigenvalue weighted by atomic mass is 10.2. The first-order chi connectivity index (χ1) is 4.09. The minimum absolute atomic E-state index is 0.0810. The number of hydrogen-bond donors (Lipinski definition) is 3. The highest BCUT2D eigenvalue weighted by Gasteiger charge is 2.06. The number of nitrogens with one attached hydrogen (secondary N) is 1. The summed E-state index contributed by atoms with van der Waals surface area (Å²) < 4.78 is 0. The zero-order chi connectivity index (χ0) is 7.44. The Bertz CT molecular complexity index is 173. The van der Waals surface area contributed by atoms with Gasteiger partial charge in [-0.15, -0.1) is 0 Å². The molecule has 4 N–H and O–H groups in total. The summed E-state index contributed by atoms with van der Waals surface area (Å²) in [6.07, 6.45) is 0. The van der Waals surface area contributed by atoms with E-state index < -0.39 is 11.6 Å². The second-order valence-corrected chi connectivity index (χ2v) is 1.42. The predicted octanol–water partition coefficient (Wildman–Crippen LogP) is -0.658. The van der Waals surface area contributed by atoms with Crippen LogP contribution in [0.15, 0.2) is 5.16 Å². The minimum Gasteiger partial charge on any atom is -0.411 e. The van der Waals surface area contributed by atoms with Gasteiger partial charge in [-0.3, -0.25) is 10.2 Å². The Morgan fingerprint density at radius 1 is 1.78 bits per heavy atom. The van der Waals surface area contributed by atoms with Gasteiger partial charge in [0.25, 0.3) is 5.91 Å². The van der Waals surface area contributed by atoms with Gasteiger partial charge in [0.05, 0.1) is 0 Å². The number of carbonyl (C=O) groups excluding carboxylic acids is 1. The van der Waals surface area contributed by atoms with E-state index in [1.807, 2.05) is 0 Å². The highest BCUT2D eigenvalue weighted by atomic mass is 16.4. The Morgan fingerprint density at radius 2 is 2.22 bits per heavy atom. The van der Waals surface area contributed by atoms with Gasteiger partial charge in [-0.1, -0.05) is 5.16 Å². The summed E-state index contributed by atoms with van der Waals surface area (Å²) in [4.78, 5) is 10.1. The van der Waals surface area contributed by atoms with E-state index in [4.69, 9.17) is 10.6 Å². The molecular weight excluding hydrogens is 122 g/mol. The first-order valence-corrected chi connectivity index (χ1v) is 2.17. The van der Waals surface area contributed by atoms with Gasteiger partial charge in [-0.25, -0.2) is 0 Å². The Morgan fingerprint density at radius 3 is 2.33 bits per heavy atom. The van der Waals surface area contributed by atoms with Crippen LogP contribution in [-0.2, 0) is 4.79 Å². The maximum Gasteiger partial charge on any atom is 0.268 e. The second kappa shape index (κ2) is 2.81. The fraction of sp³-hybridized carbons (Fsp3) is 0.250. The zero-order valence-corrected chi connectivity index (χ0v) is 4.88. The molecule has 0 aliphatic rings. The summed E-state index contributed by atoms with van der Waals surface area (Å²) in [7, 11) is 0. The van der Waals surface area contributed by atoms with Crippen LogP contribution in [0.1, 0.15) is 6.92 Å². The molecule has 0 saturated heterocycles. The SMILES string of the molecule is C/C(=N/O)C(=N)C(N)=O. The maximum atomic E-state index is 10.1. The number of rotatable bonds is 2. The predicted molar refractivity (Wildman–Crippen MR) is 31.8 cm³/mol. The van der Waals surface area contributed by atoms with Crippen LogP contribution < -0.4 is 5.73 Å². The minimum atomic E-state index is -0.898. The number of oxime groups is 1. The molecule has 0 radical (unpaired) electrons. The molecule has 0 aromatic carbocycles. The summed E-state index contributed by atoms with van der Waals surface area (Å²) in [6.45, 7) is 1.31. The van der Waals surface area contributed by atoms with Crippen LogP contribution in [0.3, 0.4) is 0 Å². The molecule has 50 valence electrons.